The number of ether oxygens (including phenoxy) is 1. The maximum absolute atomic E-state index is 6.22. The number of methoxy groups -OCH3 is 1. The van der Waals surface area contributed by atoms with Crippen LogP contribution in [0.15, 0.2) is 10.5 Å². The Morgan fingerprint density at radius 3 is 2.69 bits per heavy atom. The standard InChI is InChI=1S/C13H18BrNO/c1-7-4-5-9(15)12-11(7)10(16-3)6-8(2)13(12)14/h6-7,9H,4-5,15H2,1-3H3/t7?,9-/m1/s1. The van der Waals surface area contributed by atoms with Gasteiger partial charge in [-0.05, 0) is 42.9 Å². The average molecular weight is 284 g/mol. The topological polar surface area (TPSA) is 35.2 Å². The van der Waals surface area contributed by atoms with Crippen molar-refractivity contribution >= 4 is 15.9 Å². The molecule has 2 rings (SSSR count). The van der Waals surface area contributed by atoms with E-state index in [0.29, 0.717) is 5.92 Å². The van der Waals surface area contributed by atoms with Crippen molar-refractivity contribution < 1.29 is 4.74 Å². The molecule has 1 aromatic carbocycles. The summed E-state index contributed by atoms with van der Waals surface area (Å²) in [5, 5.41) is 0. The summed E-state index contributed by atoms with van der Waals surface area (Å²) in [5.41, 5.74) is 9.95. The molecular formula is C13H18BrNO. The second-order valence-corrected chi connectivity index (χ2v) is 5.41. The molecule has 1 aliphatic carbocycles. The van der Waals surface area contributed by atoms with Crippen molar-refractivity contribution in [3.63, 3.8) is 0 Å². The largest absolute Gasteiger partial charge is 0.496 e. The van der Waals surface area contributed by atoms with Gasteiger partial charge in [-0.15, -0.1) is 0 Å². The first-order valence-corrected chi connectivity index (χ1v) is 6.48. The third-order valence-electron chi connectivity index (χ3n) is 3.48. The van der Waals surface area contributed by atoms with E-state index in [1.807, 2.05) is 0 Å². The highest BCUT2D eigenvalue weighted by Crippen LogP contribution is 2.45. The van der Waals surface area contributed by atoms with Gasteiger partial charge in [0.05, 0.1) is 7.11 Å². The lowest BCUT2D eigenvalue weighted by Crippen LogP contribution is -2.21. The molecule has 0 fully saturated rings. The van der Waals surface area contributed by atoms with Gasteiger partial charge in [-0.25, -0.2) is 0 Å². The number of nitrogens with two attached hydrogens (primary N) is 1. The number of aryl methyl sites for hydroxylation is 1. The van der Waals surface area contributed by atoms with Gasteiger partial charge in [-0.2, -0.15) is 0 Å². The molecule has 0 saturated carbocycles. The van der Waals surface area contributed by atoms with E-state index in [2.05, 4.69) is 35.8 Å². The summed E-state index contributed by atoms with van der Waals surface area (Å²) in [7, 11) is 1.73. The zero-order valence-corrected chi connectivity index (χ0v) is 11.6. The summed E-state index contributed by atoms with van der Waals surface area (Å²) in [6.07, 6.45) is 2.19. The van der Waals surface area contributed by atoms with Crippen LogP contribution in [0.5, 0.6) is 5.75 Å². The lowest BCUT2D eigenvalue weighted by atomic mass is 9.80. The van der Waals surface area contributed by atoms with Crippen LogP contribution in [-0.2, 0) is 0 Å². The third-order valence-corrected chi connectivity index (χ3v) is 4.53. The fraction of sp³-hybridized carbons (Fsp3) is 0.538. The molecule has 0 saturated heterocycles. The number of halogens is 1. The quantitative estimate of drug-likeness (QED) is 0.854. The number of hydrogen-bond donors (Lipinski definition) is 1. The maximum atomic E-state index is 6.22. The molecule has 0 bridgehead atoms. The van der Waals surface area contributed by atoms with Crippen molar-refractivity contribution in [3.05, 3.63) is 27.2 Å². The minimum Gasteiger partial charge on any atom is -0.496 e. The number of fused-ring (bicyclic) bond motifs is 1. The number of benzene rings is 1. The fourth-order valence-corrected chi connectivity index (χ4v) is 3.18. The smallest absolute Gasteiger partial charge is 0.122 e. The first kappa shape index (κ1) is 11.9. The van der Waals surface area contributed by atoms with Crippen LogP contribution in [0.25, 0.3) is 0 Å². The Kier molecular flexibility index (Phi) is 3.27. The van der Waals surface area contributed by atoms with E-state index in [0.717, 1.165) is 23.1 Å². The molecule has 0 radical (unpaired) electrons. The Labute approximate surface area is 105 Å². The Balaban J connectivity index is 2.70. The van der Waals surface area contributed by atoms with Crippen LogP contribution in [0.4, 0.5) is 0 Å². The molecule has 1 unspecified atom stereocenters. The van der Waals surface area contributed by atoms with Crippen LogP contribution in [0.2, 0.25) is 0 Å². The number of hydrogen-bond acceptors (Lipinski definition) is 2. The van der Waals surface area contributed by atoms with E-state index >= 15 is 0 Å². The van der Waals surface area contributed by atoms with Gasteiger partial charge in [-0.1, -0.05) is 22.9 Å². The van der Waals surface area contributed by atoms with Crippen LogP contribution in [0.3, 0.4) is 0 Å². The second kappa shape index (κ2) is 4.38. The van der Waals surface area contributed by atoms with E-state index in [4.69, 9.17) is 10.5 Å². The second-order valence-electron chi connectivity index (χ2n) is 4.62. The lowest BCUT2D eigenvalue weighted by molar-refractivity contribution is 0.394. The summed E-state index contributed by atoms with van der Waals surface area (Å²) >= 11 is 3.66. The highest BCUT2D eigenvalue weighted by atomic mass is 79.9. The van der Waals surface area contributed by atoms with E-state index in [-0.39, 0.29) is 6.04 Å². The highest BCUT2D eigenvalue weighted by molar-refractivity contribution is 9.10. The SMILES string of the molecule is COc1cc(C)c(Br)c2c1C(C)CC[C@H]2N. The molecule has 0 aromatic heterocycles. The van der Waals surface area contributed by atoms with E-state index in [1.165, 1.54) is 16.7 Å². The van der Waals surface area contributed by atoms with Crippen LogP contribution in [-0.4, -0.2) is 7.11 Å². The molecule has 0 heterocycles. The fourth-order valence-electron chi connectivity index (χ4n) is 2.56. The van der Waals surface area contributed by atoms with Gasteiger partial charge in [0.25, 0.3) is 0 Å². The zero-order chi connectivity index (χ0) is 11.9. The molecule has 0 aliphatic heterocycles. The highest BCUT2D eigenvalue weighted by Gasteiger charge is 2.28. The van der Waals surface area contributed by atoms with Crippen molar-refractivity contribution in [2.45, 2.75) is 38.6 Å². The van der Waals surface area contributed by atoms with Crippen LogP contribution in [0.1, 0.15) is 48.4 Å². The van der Waals surface area contributed by atoms with Crippen LogP contribution >= 0.6 is 15.9 Å². The molecule has 2 atom stereocenters. The van der Waals surface area contributed by atoms with Crippen molar-refractivity contribution in [1.82, 2.24) is 0 Å². The molecule has 1 aromatic rings. The molecular weight excluding hydrogens is 266 g/mol. The van der Waals surface area contributed by atoms with Gasteiger partial charge >= 0.3 is 0 Å². The van der Waals surface area contributed by atoms with E-state index < -0.39 is 0 Å². The van der Waals surface area contributed by atoms with Gasteiger partial charge in [0.2, 0.25) is 0 Å². The third kappa shape index (κ3) is 1.76. The van der Waals surface area contributed by atoms with Crippen molar-refractivity contribution in [2.24, 2.45) is 5.73 Å². The van der Waals surface area contributed by atoms with Crippen molar-refractivity contribution in [3.8, 4) is 5.75 Å². The summed E-state index contributed by atoms with van der Waals surface area (Å²) < 4.78 is 6.65. The van der Waals surface area contributed by atoms with Crippen molar-refractivity contribution in [1.29, 1.82) is 0 Å². The van der Waals surface area contributed by atoms with Crippen LogP contribution in [0, 0.1) is 6.92 Å². The summed E-state index contributed by atoms with van der Waals surface area (Å²) in [4.78, 5) is 0. The zero-order valence-electron chi connectivity index (χ0n) is 10.0. The summed E-state index contributed by atoms with van der Waals surface area (Å²) in [6, 6.07) is 2.23. The number of rotatable bonds is 1. The molecule has 88 valence electrons. The summed E-state index contributed by atoms with van der Waals surface area (Å²) in [6.45, 7) is 4.33. The summed E-state index contributed by atoms with van der Waals surface area (Å²) in [5.74, 6) is 1.51. The molecule has 1 aliphatic rings. The van der Waals surface area contributed by atoms with Gasteiger partial charge in [-0.3, -0.25) is 0 Å². The Bertz CT molecular complexity index is 417. The predicted octanol–water partition coefficient (Wildman–Crippen LogP) is 3.66. The first-order chi connectivity index (χ1) is 7.56. The van der Waals surface area contributed by atoms with Gasteiger partial charge in [0, 0.05) is 16.1 Å². The van der Waals surface area contributed by atoms with Gasteiger partial charge in [0.15, 0.2) is 0 Å². The Morgan fingerprint density at radius 2 is 2.06 bits per heavy atom. The molecule has 2 N–H and O–H groups in total. The molecule has 2 nitrogen and oxygen atoms in total. The Morgan fingerprint density at radius 1 is 1.38 bits per heavy atom. The minimum atomic E-state index is 0.134. The molecule has 16 heavy (non-hydrogen) atoms. The maximum Gasteiger partial charge on any atom is 0.122 e. The van der Waals surface area contributed by atoms with Crippen molar-refractivity contribution in [2.75, 3.05) is 7.11 Å². The van der Waals surface area contributed by atoms with Gasteiger partial charge in [0.1, 0.15) is 5.75 Å². The molecule has 0 amide bonds. The normalized spacial score (nSPS) is 24.1. The average Bonchev–Trinajstić information content (AvgIpc) is 2.27. The first-order valence-electron chi connectivity index (χ1n) is 5.68. The van der Waals surface area contributed by atoms with Crippen LogP contribution < -0.4 is 10.5 Å². The van der Waals surface area contributed by atoms with E-state index in [1.54, 1.807) is 7.11 Å². The molecule has 0 spiro atoms. The predicted molar refractivity (Wildman–Crippen MR) is 70.0 cm³/mol. The monoisotopic (exact) mass is 283 g/mol. The minimum absolute atomic E-state index is 0.134. The van der Waals surface area contributed by atoms with Gasteiger partial charge < -0.3 is 10.5 Å². The Hall–Kier alpha value is -0.540. The molecule has 3 heteroatoms. The van der Waals surface area contributed by atoms with E-state index in [9.17, 15) is 0 Å². The lowest BCUT2D eigenvalue weighted by Gasteiger charge is -2.30.